The molecule has 0 radical (unpaired) electrons. The monoisotopic (exact) mass is 496 g/mol. The molecule has 1 aliphatic carbocycles. The quantitative estimate of drug-likeness (QED) is 0.360. The Bertz CT molecular complexity index is 1330. The molecule has 2 aliphatic rings. The number of hydrogen-bond donors (Lipinski definition) is 2. The van der Waals surface area contributed by atoms with Crippen LogP contribution in [0.2, 0.25) is 0 Å². The van der Waals surface area contributed by atoms with Gasteiger partial charge in [-0.25, -0.2) is 9.97 Å². The van der Waals surface area contributed by atoms with Gasteiger partial charge < -0.3 is 20.4 Å². The number of rotatable bonds is 6. The summed E-state index contributed by atoms with van der Waals surface area (Å²) in [5.41, 5.74) is 9.51. The van der Waals surface area contributed by atoms with Crippen LogP contribution in [-0.4, -0.2) is 51.7 Å². The molecule has 0 spiro atoms. The van der Waals surface area contributed by atoms with E-state index in [9.17, 15) is 0 Å². The number of nitrogen functional groups attached to an aromatic ring is 1. The lowest BCUT2D eigenvalue weighted by molar-refractivity contribution is 0.101. The highest BCUT2D eigenvalue weighted by Crippen LogP contribution is 2.39. The third-order valence-electron chi connectivity index (χ3n) is 8.22. The van der Waals surface area contributed by atoms with E-state index in [-0.39, 0.29) is 0 Å². The fourth-order valence-corrected chi connectivity index (χ4v) is 6.21. The summed E-state index contributed by atoms with van der Waals surface area (Å²) in [6.07, 6.45) is 11.2. The van der Waals surface area contributed by atoms with Gasteiger partial charge in [0.05, 0.1) is 5.39 Å². The van der Waals surface area contributed by atoms with Crippen molar-refractivity contribution < 1.29 is 4.74 Å². The summed E-state index contributed by atoms with van der Waals surface area (Å²) < 4.78 is 8.35. The van der Waals surface area contributed by atoms with Gasteiger partial charge in [-0.2, -0.15) is 0 Å². The maximum absolute atomic E-state index is 6.41. The van der Waals surface area contributed by atoms with E-state index < -0.39 is 0 Å². The van der Waals surface area contributed by atoms with Crippen molar-refractivity contribution in [2.45, 2.75) is 56.7 Å². The van der Waals surface area contributed by atoms with Crippen molar-refractivity contribution in [3.63, 3.8) is 0 Å². The van der Waals surface area contributed by atoms with Crippen LogP contribution in [0.4, 0.5) is 5.82 Å². The number of anilines is 1. The molecule has 4 aromatic rings. The molecule has 0 bridgehead atoms. The van der Waals surface area contributed by atoms with Crippen LogP contribution >= 0.6 is 0 Å². The number of nitrogens with one attached hydrogen (secondary N) is 1. The van der Waals surface area contributed by atoms with Crippen LogP contribution in [0.15, 0.2) is 67.1 Å². The first-order valence-corrected chi connectivity index (χ1v) is 13.6. The molecule has 0 unspecified atom stereocenters. The molecule has 6 rings (SSSR count). The number of likely N-dealkylation sites (tertiary alicyclic amines) is 1. The van der Waals surface area contributed by atoms with E-state index in [4.69, 9.17) is 15.5 Å². The van der Waals surface area contributed by atoms with Crippen LogP contribution in [0.1, 0.15) is 44.6 Å². The van der Waals surface area contributed by atoms with Gasteiger partial charge in [-0.15, -0.1) is 0 Å². The van der Waals surface area contributed by atoms with Crippen molar-refractivity contribution in [3.05, 3.63) is 67.1 Å². The lowest BCUT2D eigenvalue weighted by atomic mass is 9.88. The van der Waals surface area contributed by atoms with E-state index in [0.29, 0.717) is 23.9 Å². The molecule has 37 heavy (non-hydrogen) atoms. The predicted octanol–water partition coefficient (Wildman–Crippen LogP) is 5.64. The van der Waals surface area contributed by atoms with Gasteiger partial charge in [0.2, 0.25) is 0 Å². The number of nitrogens with two attached hydrogens (primary N) is 1. The van der Waals surface area contributed by atoms with Crippen molar-refractivity contribution >= 4 is 16.9 Å². The summed E-state index contributed by atoms with van der Waals surface area (Å²) in [5, 5.41) is 4.43. The molecule has 2 aromatic heterocycles. The number of para-hydroxylation sites is 1. The predicted molar refractivity (Wildman–Crippen MR) is 149 cm³/mol. The molecule has 7 heteroatoms. The van der Waals surface area contributed by atoms with E-state index in [1.54, 1.807) is 6.33 Å². The average molecular weight is 497 g/mol. The molecule has 3 N–H and O–H groups in total. The minimum Gasteiger partial charge on any atom is -0.457 e. The molecule has 1 saturated carbocycles. The Hall–Kier alpha value is -3.42. The van der Waals surface area contributed by atoms with Gasteiger partial charge in [0.25, 0.3) is 0 Å². The summed E-state index contributed by atoms with van der Waals surface area (Å²) >= 11 is 0. The fourth-order valence-electron chi connectivity index (χ4n) is 6.21. The number of hydrogen-bond acceptors (Lipinski definition) is 6. The Labute approximate surface area is 218 Å². The number of piperidine rings is 1. The maximum Gasteiger partial charge on any atom is 0.146 e. The van der Waals surface area contributed by atoms with Gasteiger partial charge in [0, 0.05) is 36.4 Å². The van der Waals surface area contributed by atoms with Crippen LogP contribution in [-0.2, 0) is 0 Å². The number of fused-ring (bicyclic) bond motifs is 1. The van der Waals surface area contributed by atoms with Gasteiger partial charge in [-0.1, -0.05) is 30.3 Å². The molecule has 3 heterocycles. The number of nitrogens with zero attached hydrogens (tertiary/aromatic N) is 4. The minimum atomic E-state index is 0.423. The second-order valence-electron chi connectivity index (χ2n) is 10.4. The molecule has 1 saturated heterocycles. The lowest BCUT2D eigenvalue weighted by Crippen LogP contribution is -2.49. The van der Waals surface area contributed by atoms with Crippen molar-refractivity contribution in [2.75, 3.05) is 25.9 Å². The van der Waals surface area contributed by atoms with Crippen molar-refractivity contribution in [3.8, 4) is 22.6 Å². The standard InChI is InChI=1S/C30H36N6O/c1-32-22-6-5-17-35(18-22)23-11-13-24(14-12-23)36-19-27(28-29(31)33-20-34-30(28)36)21-9-15-26(16-10-21)37-25-7-3-2-4-8-25/h2-4,7-10,15-16,19-20,22-24,32H,5-6,11-14,17-18H2,1H3,(H2,31,33,34)/t22-,23?,24?/m1/s1. The fraction of sp³-hybridized carbons (Fsp3) is 0.400. The smallest absolute Gasteiger partial charge is 0.146 e. The second-order valence-corrected chi connectivity index (χ2v) is 10.4. The number of ether oxygens (including phenoxy) is 1. The SMILES string of the molecule is CN[C@@H]1CCCN(C2CCC(n3cc(-c4ccc(Oc5ccccc5)cc4)c4c(N)ncnc43)CC2)C1. The van der Waals surface area contributed by atoms with Crippen LogP contribution < -0.4 is 15.8 Å². The van der Waals surface area contributed by atoms with Gasteiger partial charge in [-0.3, -0.25) is 4.90 Å². The molecule has 2 fully saturated rings. The number of benzene rings is 2. The zero-order valence-corrected chi connectivity index (χ0v) is 21.5. The molecular formula is C30H36N6O. The normalized spacial score (nSPS) is 22.8. The van der Waals surface area contributed by atoms with E-state index in [2.05, 4.69) is 45.1 Å². The van der Waals surface area contributed by atoms with Gasteiger partial charge >= 0.3 is 0 Å². The summed E-state index contributed by atoms with van der Waals surface area (Å²) in [4.78, 5) is 11.7. The Balaban J connectivity index is 1.23. The highest BCUT2D eigenvalue weighted by atomic mass is 16.5. The molecule has 1 aliphatic heterocycles. The highest BCUT2D eigenvalue weighted by molar-refractivity contribution is 6.00. The molecule has 7 nitrogen and oxygen atoms in total. The maximum atomic E-state index is 6.41. The Morgan fingerprint density at radius 2 is 1.62 bits per heavy atom. The van der Waals surface area contributed by atoms with Crippen molar-refractivity contribution in [1.82, 2.24) is 24.8 Å². The molecule has 192 valence electrons. The first-order chi connectivity index (χ1) is 18.2. The lowest BCUT2D eigenvalue weighted by Gasteiger charge is -2.41. The first kappa shape index (κ1) is 23.9. The summed E-state index contributed by atoms with van der Waals surface area (Å²) in [5.74, 6) is 2.16. The first-order valence-electron chi connectivity index (χ1n) is 13.6. The molecule has 2 aromatic carbocycles. The van der Waals surface area contributed by atoms with Crippen LogP contribution in [0.5, 0.6) is 11.5 Å². The second kappa shape index (κ2) is 10.5. The summed E-state index contributed by atoms with van der Waals surface area (Å²) in [6, 6.07) is 19.8. The molecule has 1 atom stereocenters. The Kier molecular flexibility index (Phi) is 6.81. The Morgan fingerprint density at radius 3 is 2.38 bits per heavy atom. The number of aromatic nitrogens is 3. The van der Waals surface area contributed by atoms with E-state index >= 15 is 0 Å². The third-order valence-corrected chi connectivity index (χ3v) is 8.22. The van der Waals surface area contributed by atoms with Crippen molar-refractivity contribution in [2.24, 2.45) is 0 Å². The van der Waals surface area contributed by atoms with Gasteiger partial charge in [-0.05, 0) is 81.9 Å². The van der Waals surface area contributed by atoms with Crippen LogP contribution in [0.25, 0.3) is 22.2 Å². The number of likely N-dealkylation sites (N-methyl/N-ethyl adjacent to an activating group) is 1. The zero-order valence-electron chi connectivity index (χ0n) is 21.5. The average Bonchev–Trinajstić information content (AvgIpc) is 3.35. The van der Waals surface area contributed by atoms with Crippen molar-refractivity contribution in [1.29, 1.82) is 0 Å². The van der Waals surface area contributed by atoms with Gasteiger partial charge in [0.1, 0.15) is 29.3 Å². The van der Waals surface area contributed by atoms with E-state index in [1.807, 2.05) is 42.5 Å². The van der Waals surface area contributed by atoms with E-state index in [1.165, 1.54) is 38.8 Å². The molecule has 0 amide bonds. The third kappa shape index (κ3) is 4.93. The van der Waals surface area contributed by atoms with E-state index in [0.717, 1.165) is 46.5 Å². The highest BCUT2D eigenvalue weighted by Gasteiger charge is 2.31. The summed E-state index contributed by atoms with van der Waals surface area (Å²) in [7, 11) is 2.09. The zero-order chi connectivity index (χ0) is 25.2. The van der Waals surface area contributed by atoms with Crippen LogP contribution in [0, 0.1) is 0 Å². The topological polar surface area (TPSA) is 81.2 Å². The largest absolute Gasteiger partial charge is 0.457 e. The molecular weight excluding hydrogens is 460 g/mol. The Morgan fingerprint density at radius 1 is 0.892 bits per heavy atom. The van der Waals surface area contributed by atoms with Crippen LogP contribution in [0.3, 0.4) is 0 Å². The summed E-state index contributed by atoms with van der Waals surface area (Å²) in [6.45, 7) is 2.41. The van der Waals surface area contributed by atoms with Gasteiger partial charge in [0.15, 0.2) is 0 Å². The minimum absolute atomic E-state index is 0.423.